The van der Waals surface area contributed by atoms with Crippen molar-refractivity contribution >= 4 is 5.82 Å². The number of halogens is 3. The van der Waals surface area contributed by atoms with Gasteiger partial charge in [-0.05, 0) is 31.5 Å². The van der Waals surface area contributed by atoms with E-state index < -0.39 is 17.3 Å². The van der Waals surface area contributed by atoms with Crippen LogP contribution in [0.15, 0.2) is 36.7 Å². The van der Waals surface area contributed by atoms with Gasteiger partial charge in [0.25, 0.3) is 0 Å². The summed E-state index contributed by atoms with van der Waals surface area (Å²) in [5.41, 5.74) is 4.78. The number of benzene rings is 1. The summed E-state index contributed by atoms with van der Waals surface area (Å²) in [4.78, 5) is 4.17. The second-order valence-electron chi connectivity index (χ2n) is 7.51. The van der Waals surface area contributed by atoms with Crippen LogP contribution in [0.2, 0.25) is 0 Å². The van der Waals surface area contributed by atoms with E-state index >= 15 is 0 Å². The fraction of sp³-hybridized carbons (Fsp3) is 0.238. The predicted octanol–water partition coefficient (Wildman–Crippen LogP) is 3.73. The van der Waals surface area contributed by atoms with E-state index in [9.17, 15) is 28.8 Å². The maximum Gasteiger partial charge on any atom is 0.416 e. The van der Waals surface area contributed by atoms with E-state index in [1.807, 2.05) is 12.1 Å². The molecule has 0 radical (unpaired) electrons. The largest absolute Gasteiger partial charge is 0.416 e. The maximum absolute atomic E-state index is 12.9. The second-order valence-corrected chi connectivity index (χ2v) is 7.51. The third kappa shape index (κ3) is 4.49. The highest BCUT2D eigenvalue weighted by Gasteiger charge is 2.30. The molecule has 3 aromatic rings. The van der Waals surface area contributed by atoms with E-state index in [-0.39, 0.29) is 40.3 Å². The highest BCUT2D eigenvalue weighted by Crippen LogP contribution is 2.37. The summed E-state index contributed by atoms with van der Waals surface area (Å²) in [7, 11) is 0. The van der Waals surface area contributed by atoms with Crippen LogP contribution in [-0.2, 0) is 12.7 Å². The number of hydrogen-bond donors (Lipinski definition) is 2. The van der Waals surface area contributed by atoms with Crippen LogP contribution in [0.3, 0.4) is 0 Å². The van der Waals surface area contributed by atoms with Gasteiger partial charge in [0, 0.05) is 17.3 Å². The number of nitriles is 2. The summed E-state index contributed by atoms with van der Waals surface area (Å²) in [6.45, 7) is 3.39. The maximum atomic E-state index is 12.9. The summed E-state index contributed by atoms with van der Waals surface area (Å²) < 4.78 is 40.2. The molecule has 0 spiro atoms. The van der Waals surface area contributed by atoms with Crippen molar-refractivity contribution in [1.29, 1.82) is 10.5 Å². The van der Waals surface area contributed by atoms with Crippen LogP contribution in [0.5, 0.6) is 0 Å². The van der Waals surface area contributed by atoms with Crippen LogP contribution in [0, 0.1) is 22.7 Å². The first-order valence-corrected chi connectivity index (χ1v) is 9.01. The lowest BCUT2D eigenvalue weighted by atomic mass is 9.92. The predicted molar refractivity (Wildman–Crippen MR) is 106 cm³/mol. The lowest BCUT2D eigenvalue weighted by Crippen LogP contribution is -2.26. The summed E-state index contributed by atoms with van der Waals surface area (Å²) in [6, 6.07) is 7.97. The number of nitrogen functional groups attached to an aromatic ring is 1. The van der Waals surface area contributed by atoms with E-state index in [1.54, 1.807) is 20.0 Å². The van der Waals surface area contributed by atoms with Gasteiger partial charge in [0.1, 0.15) is 23.5 Å². The molecule has 0 saturated heterocycles. The van der Waals surface area contributed by atoms with Crippen molar-refractivity contribution in [1.82, 2.24) is 14.8 Å². The average molecular weight is 426 g/mol. The third-order valence-electron chi connectivity index (χ3n) is 4.41. The Labute approximate surface area is 175 Å². The standard InChI is InChI=1S/C21H17F3N6O/c1-20(2,31)11-30-10-13(9-28-30)18-15(7-25)17(16(8-26)19(27)29-18)12-3-5-14(6-4-12)21(22,23)24/h3-6,9-10,31H,11H2,1-2H3,(H2,27,29). The molecule has 0 aliphatic heterocycles. The van der Waals surface area contributed by atoms with Crippen LogP contribution in [0.25, 0.3) is 22.4 Å². The van der Waals surface area contributed by atoms with Gasteiger partial charge in [0.2, 0.25) is 0 Å². The first-order valence-electron chi connectivity index (χ1n) is 9.01. The van der Waals surface area contributed by atoms with Gasteiger partial charge < -0.3 is 10.8 Å². The van der Waals surface area contributed by atoms with Gasteiger partial charge in [-0.3, -0.25) is 4.68 Å². The SMILES string of the molecule is CC(C)(O)Cn1cc(-c2nc(N)c(C#N)c(-c3ccc(C(F)(F)F)cc3)c2C#N)cn1. The lowest BCUT2D eigenvalue weighted by molar-refractivity contribution is -0.137. The van der Waals surface area contributed by atoms with Gasteiger partial charge in [-0.2, -0.15) is 28.8 Å². The number of nitrogens with zero attached hydrogens (tertiary/aromatic N) is 5. The molecule has 7 nitrogen and oxygen atoms in total. The van der Waals surface area contributed by atoms with E-state index in [4.69, 9.17) is 5.73 Å². The van der Waals surface area contributed by atoms with Gasteiger partial charge in [0.05, 0.1) is 35.2 Å². The van der Waals surface area contributed by atoms with Crippen molar-refractivity contribution in [3.63, 3.8) is 0 Å². The Balaban J connectivity index is 2.20. The molecule has 0 fully saturated rings. The molecule has 0 unspecified atom stereocenters. The van der Waals surface area contributed by atoms with Gasteiger partial charge in [-0.15, -0.1) is 0 Å². The van der Waals surface area contributed by atoms with Gasteiger partial charge in [-0.1, -0.05) is 12.1 Å². The third-order valence-corrected chi connectivity index (χ3v) is 4.41. The van der Waals surface area contributed by atoms with Crippen LogP contribution in [0.4, 0.5) is 19.0 Å². The first-order chi connectivity index (χ1) is 14.4. The average Bonchev–Trinajstić information content (AvgIpc) is 3.13. The van der Waals surface area contributed by atoms with E-state index in [0.29, 0.717) is 5.56 Å². The Hall–Kier alpha value is -3.89. The van der Waals surface area contributed by atoms with E-state index in [1.165, 1.54) is 23.0 Å². The molecule has 3 N–H and O–H groups in total. The highest BCUT2D eigenvalue weighted by atomic mass is 19.4. The number of pyridine rings is 1. The van der Waals surface area contributed by atoms with Crippen molar-refractivity contribution in [3.8, 4) is 34.5 Å². The molecule has 31 heavy (non-hydrogen) atoms. The number of nitrogens with two attached hydrogens (primary N) is 1. The summed E-state index contributed by atoms with van der Waals surface area (Å²) in [5.74, 6) is -0.165. The Morgan fingerprint density at radius 1 is 1.06 bits per heavy atom. The lowest BCUT2D eigenvalue weighted by Gasteiger charge is -2.16. The zero-order chi connectivity index (χ0) is 23.0. The summed E-state index contributed by atoms with van der Waals surface area (Å²) in [5, 5.41) is 33.5. The molecule has 0 atom stereocenters. The monoisotopic (exact) mass is 426 g/mol. The number of anilines is 1. The normalized spacial score (nSPS) is 11.7. The Kier molecular flexibility index (Phi) is 5.45. The van der Waals surface area contributed by atoms with Crippen molar-refractivity contribution in [3.05, 3.63) is 53.3 Å². The van der Waals surface area contributed by atoms with Crippen LogP contribution >= 0.6 is 0 Å². The van der Waals surface area contributed by atoms with Crippen molar-refractivity contribution < 1.29 is 18.3 Å². The van der Waals surface area contributed by atoms with Gasteiger partial charge >= 0.3 is 6.18 Å². The number of alkyl halides is 3. The molecular weight excluding hydrogens is 409 g/mol. The minimum atomic E-state index is -4.52. The van der Waals surface area contributed by atoms with Crippen LogP contribution in [0.1, 0.15) is 30.5 Å². The minimum absolute atomic E-state index is 0.0201. The smallest absolute Gasteiger partial charge is 0.389 e. The fourth-order valence-corrected chi connectivity index (χ4v) is 3.12. The molecule has 2 heterocycles. The number of rotatable bonds is 4. The molecule has 0 saturated carbocycles. The van der Waals surface area contributed by atoms with E-state index in [0.717, 1.165) is 12.1 Å². The Bertz CT molecular complexity index is 1210. The fourth-order valence-electron chi connectivity index (χ4n) is 3.12. The topological polar surface area (TPSA) is 125 Å². The molecule has 1 aromatic carbocycles. The first kappa shape index (κ1) is 21.8. The molecule has 10 heteroatoms. The highest BCUT2D eigenvalue weighted by molar-refractivity contribution is 5.86. The van der Waals surface area contributed by atoms with Crippen molar-refractivity contribution in [2.75, 3.05) is 5.73 Å². The second kappa shape index (κ2) is 7.74. The van der Waals surface area contributed by atoms with E-state index in [2.05, 4.69) is 10.1 Å². The van der Waals surface area contributed by atoms with Crippen LogP contribution in [-0.4, -0.2) is 25.5 Å². The van der Waals surface area contributed by atoms with Crippen molar-refractivity contribution in [2.45, 2.75) is 32.2 Å². The molecule has 3 rings (SSSR count). The molecule has 0 bridgehead atoms. The number of aliphatic hydroxyl groups is 1. The Morgan fingerprint density at radius 2 is 1.68 bits per heavy atom. The molecular formula is C21H17F3N6O. The number of hydrogen-bond acceptors (Lipinski definition) is 6. The molecule has 2 aromatic heterocycles. The summed E-state index contributed by atoms with van der Waals surface area (Å²) >= 11 is 0. The molecule has 0 aliphatic rings. The zero-order valence-electron chi connectivity index (χ0n) is 16.6. The summed E-state index contributed by atoms with van der Waals surface area (Å²) in [6.07, 6.45) is -1.54. The molecule has 0 amide bonds. The molecule has 158 valence electrons. The minimum Gasteiger partial charge on any atom is -0.389 e. The van der Waals surface area contributed by atoms with Gasteiger partial charge in [0.15, 0.2) is 0 Å². The Morgan fingerprint density at radius 3 is 2.19 bits per heavy atom. The zero-order valence-corrected chi connectivity index (χ0v) is 16.6. The molecule has 0 aliphatic carbocycles. The van der Waals surface area contributed by atoms with Gasteiger partial charge in [-0.25, -0.2) is 4.98 Å². The van der Waals surface area contributed by atoms with Crippen LogP contribution < -0.4 is 5.73 Å². The quantitative estimate of drug-likeness (QED) is 0.655. The number of aromatic nitrogens is 3. The van der Waals surface area contributed by atoms with Crippen molar-refractivity contribution in [2.24, 2.45) is 0 Å².